The molecule has 1 aliphatic carbocycles. The van der Waals surface area contributed by atoms with E-state index >= 15 is 0 Å². The average molecular weight is 313 g/mol. The molecule has 0 aliphatic heterocycles. The SMILES string of the molecule is CC1(c2nccn3ccnc23)CCc2nc(Cl)ccc2C1=O. The van der Waals surface area contributed by atoms with Gasteiger partial charge in [-0.05, 0) is 31.9 Å². The maximum absolute atomic E-state index is 13.1. The van der Waals surface area contributed by atoms with Crippen LogP contribution < -0.4 is 0 Å². The van der Waals surface area contributed by atoms with Gasteiger partial charge in [-0.25, -0.2) is 9.97 Å². The third-order valence-corrected chi connectivity index (χ3v) is 4.59. The number of halogens is 1. The van der Waals surface area contributed by atoms with Crippen molar-refractivity contribution in [3.63, 3.8) is 0 Å². The number of hydrogen-bond acceptors (Lipinski definition) is 4. The molecular formula is C16H13ClN4O. The molecule has 5 nitrogen and oxygen atoms in total. The van der Waals surface area contributed by atoms with Crippen LogP contribution in [-0.2, 0) is 11.8 Å². The van der Waals surface area contributed by atoms with E-state index in [2.05, 4.69) is 15.0 Å². The summed E-state index contributed by atoms with van der Waals surface area (Å²) in [6.45, 7) is 1.93. The first-order valence-corrected chi connectivity index (χ1v) is 7.46. The van der Waals surface area contributed by atoms with Crippen molar-refractivity contribution in [3.05, 3.63) is 59.0 Å². The highest BCUT2D eigenvalue weighted by molar-refractivity contribution is 6.29. The average Bonchev–Trinajstić information content (AvgIpc) is 2.99. The number of Topliss-reactive ketones (excluding diaryl/α,β-unsaturated/α-hetero) is 1. The van der Waals surface area contributed by atoms with Crippen LogP contribution in [0.15, 0.2) is 36.9 Å². The van der Waals surface area contributed by atoms with Crippen molar-refractivity contribution in [1.82, 2.24) is 19.4 Å². The van der Waals surface area contributed by atoms with Crippen LogP contribution >= 0.6 is 11.6 Å². The van der Waals surface area contributed by atoms with E-state index in [4.69, 9.17) is 11.6 Å². The quantitative estimate of drug-likeness (QED) is 0.648. The number of rotatable bonds is 1. The van der Waals surface area contributed by atoms with Crippen molar-refractivity contribution in [2.45, 2.75) is 25.2 Å². The maximum atomic E-state index is 13.1. The van der Waals surface area contributed by atoms with Gasteiger partial charge < -0.3 is 4.40 Å². The Labute approximate surface area is 132 Å². The van der Waals surface area contributed by atoms with Gasteiger partial charge in [-0.15, -0.1) is 0 Å². The number of carbonyl (C=O) groups excluding carboxylic acids is 1. The molecule has 0 aromatic carbocycles. The zero-order chi connectivity index (χ0) is 15.3. The van der Waals surface area contributed by atoms with Crippen LogP contribution in [0.1, 0.15) is 35.1 Å². The van der Waals surface area contributed by atoms with Crippen molar-refractivity contribution < 1.29 is 4.79 Å². The molecule has 22 heavy (non-hydrogen) atoms. The summed E-state index contributed by atoms with van der Waals surface area (Å²) in [6.07, 6.45) is 8.45. The third-order valence-electron chi connectivity index (χ3n) is 4.38. The lowest BCUT2D eigenvalue weighted by Gasteiger charge is -2.32. The summed E-state index contributed by atoms with van der Waals surface area (Å²) >= 11 is 5.93. The van der Waals surface area contributed by atoms with Gasteiger partial charge in [0.15, 0.2) is 11.4 Å². The number of hydrogen-bond donors (Lipinski definition) is 0. The molecule has 0 fully saturated rings. The largest absolute Gasteiger partial charge is 0.304 e. The third kappa shape index (κ3) is 1.78. The molecule has 0 radical (unpaired) electrons. The van der Waals surface area contributed by atoms with Crippen molar-refractivity contribution in [2.24, 2.45) is 0 Å². The standard InChI is InChI=1S/C16H13ClN4O/c1-16(13-15-19-7-9-21(15)8-6-18-13)5-4-11-10(14(16)22)2-3-12(17)20-11/h2-3,6-9H,4-5H2,1H3. The van der Waals surface area contributed by atoms with E-state index < -0.39 is 5.41 Å². The summed E-state index contributed by atoms with van der Waals surface area (Å²) in [7, 11) is 0. The summed E-state index contributed by atoms with van der Waals surface area (Å²) in [6, 6.07) is 3.42. The van der Waals surface area contributed by atoms with Crippen molar-refractivity contribution in [1.29, 1.82) is 0 Å². The molecule has 0 spiro atoms. The molecule has 1 unspecified atom stereocenters. The zero-order valence-electron chi connectivity index (χ0n) is 12.0. The number of ketones is 1. The van der Waals surface area contributed by atoms with E-state index in [-0.39, 0.29) is 5.78 Å². The fourth-order valence-corrected chi connectivity index (χ4v) is 3.29. The van der Waals surface area contributed by atoms with E-state index in [1.54, 1.807) is 24.5 Å². The summed E-state index contributed by atoms with van der Waals surface area (Å²) < 4.78 is 1.89. The second-order valence-electron chi connectivity index (χ2n) is 5.72. The smallest absolute Gasteiger partial charge is 0.176 e. The molecule has 0 saturated heterocycles. The topological polar surface area (TPSA) is 60.1 Å². The Bertz CT molecular complexity index is 904. The minimum absolute atomic E-state index is 0.0292. The Balaban J connectivity index is 1.90. The Hall–Kier alpha value is -2.27. The molecule has 0 saturated carbocycles. The van der Waals surface area contributed by atoms with E-state index in [0.29, 0.717) is 29.3 Å². The van der Waals surface area contributed by atoms with E-state index in [0.717, 1.165) is 11.3 Å². The summed E-state index contributed by atoms with van der Waals surface area (Å²) in [5, 5.41) is 0.420. The van der Waals surface area contributed by atoms with Crippen molar-refractivity contribution in [2.75, 3.05) is 0 Å². The number of nitrogens with zero attached hydrogens (tertiary/aromatic N) is 4. The molecule has 3 aromatic rings. The summed E-state index contributed by atoms with van der Waals surface area (Å²) in [5.41, 5.74) is 2.14. The van der Waals surface area contributed by atoms with Crippen molar-refractivity contribution in [3.8, 4) is 0 Å². The van der Waals surface area contributed by atoms with Crippen LogP contribution in [0.2, 0.25) is 5.15 Å². The number of pyridine rings is 1. The molecule has 6 heteroatoms. The highest BCUT2D eigenvalue weighted by Gasteiger charge is 2.43. The van der Waals surface area contributed by atoms with Gasteiger partial charge in [0, 0.05) is 30.4 Å². The number of aryl methyl sites for hydroxylation is 1. The number of aromatic nitrogens is 4. The molecule has 0 N–H and O–H groups in total. The number of fused-ring (bicyclic) bond motifs is 2. The van der Waals surface area contributed by atoms with Crippen molar-refractivity contribution >= 4 is 23.0 Å². The minimum Gasteiger partial charge on any atom is -0.304 e. The lowest BCUT2D eigenvalue weighted by atomic mass is 9.71. The Kier molecular flexibility index (Phi) is 2.81. The molecule has 0 bridgehead atoms. The van der Waals surface area contributed by atoms with Gasteiger partial charge in [-0.1, -0.05) is 11.6 Å². The predicted octanol–water partition coefficient (Wildman–Crippen LogP) is 2.86. The molecule has 1 aliphatic rings. The fourth-order valence-electron chi connectivity index (χ4n) is 3.12. The minimum atomic E-state index is -0.698. The molecule has 3 aromatic heterocycles. The highest BCUT2D eigenvalue weighted by Crippen LogP contribution is 2.38. The number of imidazole rings is 1. The molecular weight excluding hydrogens is 300 g/mol. The Morgan fingerprint density at radius 3 is 2.82 bits per heavy atom. The lowest BCUT2D eigenvalue weighted by molar-refractivity contribution is 0.0871. The molecule has 0 amide bonds. The van der Waals surface area contributed by atoms with Gasteiger partial charge in [-0.3, -0.25) is 9.78 Å². The van der Waals surface area contributed by atoms with Gasteiger partial charge >= 0.3 is 0 Å². The summed E-state index contributed by atoms with van der Waals surface area (Å²) in [5.74, 6) is 0.0292. The van der Waals surface area contributed by atoms with Crippen LogP contribution in [-0.4, -0.2) is 25.1 Å². The normalized spacial score (nSPS) is 21.1. The van der Waals surface area contributed by atoms with Gasteiger partial charge in [0.05, 0.1) is 16.8 Å². The summed E-state index contributed by atoms with van der Waals surface area (Å²) in [4.78, 5) is 26.2. The van der Waals surface area contributed by atoms with Crippen LogP contribution in [0.3, 0.4) is 0 Å². The number of carbonyl (C=O) groups is 1. The monoisotopic (exact) mass is 312 g/mol. The van der Waals surface area contributed by atoms with Gasteiger partial charge in [0.2, 0.25) is 0 Å². The van der Waals surface area contributed by atoms with Gasteiger partial charge in [-0.2, -0.15) is 0 Å². The second-order valence-corrected chi connectivity index (χ2v) is 6.11. The van der Waals surface area contributed by atoms with E-state index in [1.807, 2.05) is 23.7 Å². The highest BCUT2D eigenvalue weighted by atomic mass is 35.5. The first-order valence-electron chi connectivity index (χ1n) is 7.08. The Morgan fingerprint density at radius 1 is 1.23 bits per heavy atom. The predicted molar refractivity (Wildman–Crippen MR) is 82.2 cm³/mol. The van der Waals surface area contributed by atoms with Crippen LogP contribution in [0.25, 0.3) is 5.65 Å². The van der Waals surface area contributed by atoms with Crippen LogP contribution in [0.4, 0.5) is 0 Å². The maximum Gasteiger partial charge on any atom is 0.176 e. The van der Waals surface area contributed by atoms with Crippen LogP contribution in [0.5, 0.6) is 0 Å². The van der Waals surface area contributed by atoms with E-state index in [1.165, 1.54) is 0 Å². The first kappa shape index (κ1) is 13.4. The first-order chi connectivity index (χ1) is 10.6. The van der Waals surface area contributed by atoms with Gasteiger partial charge in [0.25, 0.3) is 0 Å². The van der Waals surface area contributed by atoms with E-state index in [9.17, 15) is 4.79 Å². The zero-order valence-corrected chi connectivity index (χ0v) is 12.7. The molecule has 110 valence electrons. The van der Waals surface area contributed by atoms with Crippen LogP contribution in [0, 0.1) is 0 Å². The lowest BCUT2D eigenvalue weighted by Crippen LogP contribution is -2.39. The second kappa shape index (κ2) is 4.61. The molecule has 1 atom stereocenters. The van der Waals surface area contributed by atoms with Gasteiger partial charge in [0.1, 0.15) is 5.15 Å². The molecule has 3 heterocycles. The fraction of sp³-hybridized carbons (Fsp3) is 0.250. The Morgan fingerprint density at radius 2 is 2.00 bits per heavy atom. The molecule has 4 rings (SSSR count).